The van der Waals surface area contributed by atoms with Gasteiger partial charge in [0.1, 0.15) is 17.4 Å². The first kappa shape index (κ1) is 22.7. The van der Waals surface area contributed by atoms with Crippen molar-refractivity contribution in [3.05, 3.63) is 84.1 Å². The normalized spacial score (nSPS) is 13.9. The van der Waals surface area contributed by atoms with Gasteiger partial charge in [-0.2, -0.15) is 0 Å². The molecule has 0 aliphatic carbocycles. The average molecular weight is 501 g/mol. The van der Waals surface area contributed by atoms with Crippen molar-refractivity contribution >= 4 is 22.9 Å². The fraction of sp³-hybridized carbons (Fsp3) is 0.148. The Labute approximate surface area is 209 Å². The molecule has 5 aromatic rings. The zero-order valence-corrected chi connectivity index (χ0v) is 19.5. The first-order valence-corrected chi connectivity index (χ1v) is 11.7. The molecule has 0 saturated carbocycles. The maximum Gasteiger partial charge on any atom is 0.276 e. The third-order valence-corrected chi connectivity index (χ3v) is 6.46. The number of nitrogens with zero attached hydrogens (tertiary/aromatic N) is 4. The maximum atomic E-state index is 14.2. The second kappa shape index (κ2) is 9.05. The van der Waals surface area contributed by atoms with Crippen LogP contribution in [0.1, 0.15) is 10.5 Å². The van der Waals surface area contributed by atoms with E-state index in [0.717, 1.165) is 29.1 Å². The van der Waals surface area contributed by atoms with Gasteiger partial charge in [0.05, 0.1) is 16.6 Å². The second-order valence-corrected chi connectivity index (χ2v) is 8.79. The number of fused-ring (bicyclic) bond motifs is 1. The standard InChI is InChI=1S/C27H21F2N5O3/c28-19-13-18(35)14-20(29)25(19)17-7-5-16(6-8-17)24-15-23(32-37-24)26(36)33-9-11-34(12-10-33)27-30-21-3-1-2-4-22(21)31-27/h1-8,13-15,35H,9-12H2,(H,30,31). The highest BCUT2D eigenvalue weighted by Crippen LogP contribution is 2.31. The van der Waals surface area contributed by atoms with Gasteiger partial charge in [-0.15, -0.1) is 0 Å². The van der Waals surface area contributed by atoms with Gasteiger partial charge in [0, 0.05) is 49.9 Å². The topological polar surface area (TPSA) is 98.5 Å². The first-order chi connectivity index (χ1) is 18.0. The number of aromatic amines is 1. The van der Waals surface area contributed by atoms with Crippen LogP contribution in [0.3, 0.4) is 0 Å². The van der Waals surface area contributed by atoms with Crippen LogP contribution < -0.4 is 4.90 Å². The van der Waals surface area contributed by atoms with Crippen LogP contribution in [0.15, 0.2) is 71.3 Å². The minimum absolute atomic E-state index is 0.187. The third-order valence-electron chi connectivity index (χ3n) is 6.46. The molecule has 3 heterocycles. The second-order valence-electron chi connectivity index (χ2n) is 8.79. The van der Waals surface area contributed by atoms with Crippen molar-refractivity contribution in [2.75, 3.05) is 31.1 Å². The average Bonchev–Trinajstić information content (AvgIpc) is 3.56. The number of benzene rings is 3. The molecule has 0 spiro atoms. The number of nitrogens with one attached hydrogen (secondary N) is 1. The van der Waals surface area contributed by atoms with Gasteiger partial charge >= 0.3 is 0 Å². The number of phenolic OH excluding ortho intramolecular Hbond substituents is 1. The lowest BCUT2D eigenvalue weighted by Crippen LogP contribution is -2.49. The lowest BCUT2D eigenvalue weighted by molar-refractivity contribution is 0.0736. The fourth-order valence-corrected chi connectivity index (χ4v) is 4.52. The highest BCUT2D eigenvalue weighted by molar-refractivity contribution is 5.93. The van der Waals surface area contributed by atoms with Crippen LogP contribution in [0, 0.1) is 11.6 Å². The van der Waals surface area contributed by atoms with Crippen molar-refractivity contribution < 1.29 is 23.2 Å². The van der Waals surface area contributed by atoms with E-state index in [9.17, 15) is 18.7 Å². The number of para-hydroxylation sites is 2. The number of halogens is 2. The molecule has 37 heavy (non-hydrogen) atoms. The summed E-state index contributed by atoms with van der Waals surface area (Å²) in [4.78, 5) is 24.8. The molecule has 1 aliphatic rings. The largest absolute Gasteiger partial charge is 0.508 e. The van der Waals surface area contributed by atoms with E-state index in [-0.39, 0.29) is 17.2 Å². The lowest BCUT2D eigenvalue weighted by Gasteiger charge is -2.34. The van der Waals surface area contributed by atoms with Gasteiger partial charge in [0.25, 0.3) is 5.91 Å². The van der Waals surface area contributed by atoms with Gasteiger partial charge in [0.15, 0.2) is 11.5 Å². The Morgan fingerprint density at radius 1 is 0.919 bits per heavy atom. The number of imidazole rings is 1. The summed E-state index contributed by atoms with van der Waals surface area (Å²) in [5.41, 5.74) is 2.72. The van der Waals surface area contributed by atoms with E-state index in [2.05, 4.69) is 20.0 Å². The molecule has 10 heteroatoms. The van der Waals surface area contributed by atoms with Crippen LogP contribution in [-0.4, -0.2) is 57.2 Å². The van der Waals surface area contributed by atoms with Crippen LogP contribution in [0.5, 0.6) is 5.75 Å². The predicted octanol–water partition coefficient (Wildman–Crippen LogP) is 4.83. The van der Waals surface area contributed by atoms with Gasteiger partial charge in [-0.05, 0) is 17.7 Å². The molecule has 0 atom stereocenters. The van der Waals surface area contributed by atoms with Gasteiger partial charge in [-0.3, -0.25) is 4.79 Å². The molecule has 1 amide bonds. The summed E-state index contributed by atoms with van der Waals surface area (Å²) in [5, 5.41) is 13.3. The molecule has 8 nitrogen and oxygen atoms in total. The molecular formula is C27H21F2N5O3. The monoisotopic (exact) mass is 501 g/mol. The number of piperazine rings is 1. The zero-order chi connectivity index (χ0) is 25.5. The van der Waals surface area contributed by atoms with E-state index >= 15 is 0 Å². The highest BCUT2D eigenvalue weighted by Gasteiger charge is 2.26. The summed E-state index contributed by atoms with van der Waals surface area (Å²) in [7, 11) is 0. The van der Waals surface area contributed by atoms with Crippen molar-refractivity contribution in [3.8, 4) is 28.2 Å². The Balaban J connectivity index is 1.13. The highest BCUT2D eigenvalue weighted by atomic mass is 19.1. The Morgan fingerprint density at radius 3 is 2.30 bits per heavy atom. The molecule has 6 rings (SSSR count). The maximum absolute atomic E-state index is 14.2. The smallest absolute Gasteiger partial charge is 0.276 e. The number of anilines is 1. The van der Waals surface area contributed by atoms with Crippen LogP contribution in [0.2, 0.25) is 0 Å². The van der Waals surface area contributed by atoms with Crippen LogP contribution in [-0.2, 0) is 0 Å². The van der Waals surface area contributed by atoms with E-state index in [1.54, 1.807) is 23.1 Å². The number of carbonyl (C=O) groups excluding carboxylic acids is 1. The number of carbonyl (C=O) groups is 1. The Kier molecular flexibility index (Phi) is 5.56. The summed E-state index contributed by atoms with van der Waals surface area (Å²) in [6.45, 7) is 2.28. The number of phenols is 1. The lowest BCUT2D eigenvalue weighted by atomic mass is 10.0. The molecule has 1 fully saturated rings. The summed E-state index contributed by atoms with van der Waals surface area (Å²) >= 11 is 0. The molecule has 2 aromatic heterocycles. The number of rotatable bonds is 4. The van der Waals surface area contributed by atoms with Crippen LogP contribution in [0.25, 0.3) is 33.5 Å². The van der Waals surface area contributed by atoms with Gasteiger partial charge in [-0.25, -0.2) is 13.8 Å². The molecule has 1 aliphatic heterocycles. The Hall–Kier alpha value is -4.73. The molecule has 0 unspecified atom stereocenters. The molecule has 186 valence electrons. The van der Waals surface area contributed by atoms with E-state index < -0.39 is 17.4 Å². The number of H-pyrrole nitrogens is 1. The minimum Gasteiger partial charge on any atom is -0.508 e. The number of aromatic hydroxyl groups is 1. The summed E-state index contributed by atoms with van der Waals surface area (Å²) in [6.07, 6.45) is 0. The SMILES string of the molecule is O=C(c1cc(-c2ccc(-c3c(F)cc(O)cc3F)cc2)on1)N1CCN(c2nc3ccccc3[nH]2)CC1. The third kappa shape index (κ3) is 4.26. The molecule has 1 saturated heterocycles. The molecule has 0 bridgehead atoms. The molecule has 0 radical (unpaired) electrons. The van der Waals surface area contributed by atoms with Crippen molar-refractivity contribution in [2.45, 2.75) is 0 Å². The zero-order valence-electron chi connectivity index (χ0n) is 19.5. The van der Waals surface area contributed by atoms with Crippen molar-refractivity contribution in [3.63, 3.8) is 0 Å². The minimum atomic E-state index is -0.863. The van der Waals surface area contributed by atoms with E-state index in [4.69, 9.17) is 4.52 Å². The van der Waals surface area contributed by atoms with Crippen molar-refractivity contribution in [1.29, 1.82) is 0 Å². The first-order valence-electron chi connectivity index (χ1n) is 11.7. The van der Waals surface area contributed by atoms with Crippen LogP contribution >= 0.6 is 0 Å². The Morgan fingerprint density at radius 2 is 1.59 bits per heavy atom. The quantitative estimate of drug-likeness (QED) is 0.366. The number of hydrogen-bond donors (Lipinski definition) is 2. The van der Waals surface area contributed by atoms with Crippen molar-refractivity contribution in [1.82, 2.24) is 20.0 Å². The molecule has 2 N–H and O–H groups in total. The molecule has 3 aromatic carbocycles. The van der Waals surface area contributed by atoms with Crippen molar-refractivity contribution in [2.24, 2.45) is 0 Å². The van der Waals surface area contributed by atoms with E-state index in [1.807, 2.05) is 24.3 Å². The number of aromatic nitrogens is 3. The van der Waals surface area contributed by atoms with E-state index in [1.165, 1.54) is 12.1 Å². The van der Waals surface area contributed by atoms with Gasteiger partial charge in [-0.1, -0.05) is 41.6 Å². The summed E-state index contributed by atoms with van der Waals surface area (Å²) in [5.74, 6) is -1.29. The summed E-state index contributed by atoms with van der Waals surface area (Å²) in [6, 6.07) is 17.4. The van der Waals surface area contributed by atoms with Gasteiger partial charge < -0.3 is 24.4 Å². The van der Waals surface area contributed by atoms with Crippen LogP contribution in [0.4, 0.5) is 14.7 Å². The van der Waals surface area contributed by atoms with E-state index in [0.29, 0.717) is 43.1 Å². The Bertz CT molecular complexity index is 1550. The number of hydrogen-bond acceptors (Lipinski definition) is 6. The van der Waals surface area contributed by atoms with Gasteiger partial charge in [0.2, 0.25) is 5.95 Å². The predicted molar refractivity (Wildman–Crippen MR) is 133 cm³/mol. The fourth-order valence-electron chi connectivity index (χ4n) is 4.52. The summed E-state index contributed by atoms with van der Waals surface area (Å²) < 4.78 is 33.8. The molecular weight excluding hydrogens is 480 g/mol. The number of amides is 1.